The van der Waals surface area contributed by atoms with Gasteiger partial charge in [0.15, 0.2) is 0 Å². The zero-order valence-electron chi connectivity index (χ0n) is 12.8. The zero-order valence-corrected chi connectivity index (χ0v) is 12.8. The molecule has 3 heteroatoms. The number of nitrogen functional groups attached to an aromatic ring is 1. The second-order valence-corrected chi connectivity index (χ2v) is 7.68. The highest BCUT2D eigenvalue weighted by atomic mass is 15.1. The summed E-state index contributed by atoms with van der Waals surface area (Å²) in [6, 6.07) is 0. The van der Waals surface area contributed by atoms with E-state index in [0.29, 0.717) is 0 Å². The van der Waals surface area contributed by atoms with Crippen molar-refractivity contribution in [2.45, 2.75) is 51.9 Å². The molecule has 4 bridgehead atoms. The van der Waals surface area contributed by atoms with Crippen LogP contribution in [0.4, 0.5) is 5.82 Å². The molecule has 1 heterocycles. The molecular weight excluding hydrogens is 246 g/mol. The van der Waals surface area contributed by atoms with Gasteiger partial charge in [-0.05, 0) is 81.5 Å². The lowest BCUT2D eigenvalue weighted by molar-refractivity contribution is -0.0394. The average Bonchev–Trinajstić information content (AvgIpc) is 2.65. The number of aryl methyl sites for hydroxylation is 2. The largest absolute Gasteiger partial charge is 0.384 e. The average molecular weight is 273 g/mol. The monoisotopic (exact) mass is 273 g/mol. The van der Waals surface area contributed by atoms with Crippen LogP contribution in [-0.4, -0.2) is 9.55 Å². The molecule has 0 amide bonds. The topological polar surface area (TPSA) is 43.8 Å². The first-order valence-corrected chi connectivity index (χ1v) is 8.39. The number of anilines is 1. The Morgan fingerprint density at radius 2 is 1.70 bits per heavy atom. The third-order valence-corrected chi connectivity index (χ3v) is 6.58. The van der Waals surface area contributed by atoms with Crippen LogP contribution >= 0.6 is 0 Å². The van der Waals surface area contributed by atoms with Crippen molar-refractivity contribution in [2.75, 3.05) is 5.73 Å². The van der Waals surface area contributed by atoms with Gasteiger partial charge in [-0.25, -0.2) is 4.98 Å². The van der Waals surface area contributed by atoms with E-state index >= 15 is 0 Å². The Balaban J connectivity index is 1.46. The molecule has 20 heavy (non-hydrogen) atoms. The Bertz CT molecular complexity index is 489. The Morgan fingerprint density at radius 1 is 1.10 bits per heavy atom. The number of nitrogens with zero attached hydrogens (tertiary/aromatic N) is 2. The Morgan fingerprint density at radius 3 is 2.20 bits per heavy atom. The molecule has 5 rings (SSSR count). The standard InChI is InChI=1S/C17H27N3/c1-10-19-16(17(18)20(10)2)4-3-15-13-6-11-5-12(8-13)9-14(15)7-11/h11-15H,3-9,18H2,1-2H3. The number of aromatic nitrogens is 2. The third-order valence-electron chi connectivity index (χ3n) is 6.58. The minimum absolute atomic E-state index is 0.881. The van der Waals surface area contributed by atoms with Crippen LogP contribution in [0.25, 0.3) is 0 Å². The van der Waals surface area contributed by atoms with Gasteiger partial charge in [0.2, 0.25) is 0 Å². The molecular formula is C17H27N3. The van der Waals surface area contributed by atoms with E-state index in [1.807, 2.05) is 18.5 Å². The van der Waals surface area contributed by atoms with E-state index in [2.05, 4.69) is 4.98 Å². The lowest BCUT2D eigenvalue weighted by Gasteiger charge is -2.54. The van der Waals surface area contributed by atoms with Crippen molar-refractivity contribution in [3.63, 3.8) is 0 Å². The molecule has 2 N–H and O–H groups in total. The molecule has 1 aromatic heterocycles. The number of hydrogen-bond acceptors (Lipinski definition) is 2. The lowest BCUT2D eigenvalue weighted by atomic mass is 9.51. The minimum Gasteiger partial charge on any atom is -0.384 e. The Hall–Kier alpha value is -0.990. The van der Waals surface area contributed by atoms with E-state index in [4.69, 9.17) is 5.73 Å². The van der Waals surface area contributed by atoms with Crippen molar-refractivity contribution < 1.29 is 0 Å². The normalized spacial score (nSPS) is 38.6. The van der Waals surface area contributed by atoms with Gasteiger partial charge in [0, 0.05) is 7.05 Å². The number of nitrogens with two attached hydrogens (primary N) is 1. The smallest absolute Gasteiger partial charge is 0.126 e. The highest BCUT2D eigenvalue weighted by molar-refractivity contribution is 5.37. The van der Waals surface area contributed by atoms with Gasteiger partial charge in [0.1, 0.15) is 11.6 Å². The molecule has 0 atom stereocenters. The molecule has 0 unspecified atom stereocenters. The minimum atomic E-state index is 0.881. The van der Waals surface area contributed by atoms with E-state index < -0.39 is 0 Å². The molecule has 4 saturated carbocycles. The van der Waals surface area contributed by atoms with Crippen LogP contribution in [0.3, 0.4) is 0 Å². The Labute approximate surface area is 122 Å². The molecule has 4 aliphatic rings. The van der Waals surface area contributed by atoms with Crippen LogP contribution in [0.2, 0.25) is 0 Å². The highest BCUT2D eigenvalue weighted by Gasteiger charge is 2.47. The van der Waals surface area contributed by atoms with Gasteiger partial charge in [-0.1, -0.05) is 0 Å². The predicted octanol–water partition coefficient (Wildman–Crippen LogP) is 3.32. The summed E-state index contributed by atoms with van der Waals surface area (Å²) < 4.78 is 2.02. The summed E-state index contributed by atoms with van der Waals surface area (Å²) in [4.78, 5) is 4.65. The molecule has 4 fully saturated rings. The van der Waals surface area contributed by atoms with Gasteiger partial charge in [0.25, 0.3) is 0 Å². The second kappa shape index (κ2) is 4.51. The first kappa shape index (κ1) is 12.7. The maximum atomic E-state index is 6.16. The van der Waals surface area contributed by atoms with Crippen LogP contribution in [0.1, 0.15) is 50.0 Å². The molecule has 0 saturated heterocycles. The fourth-order valence-corrected chi connectivity index (χ4v) is 5.69. The first-order valence-electron chi connectivity index (χ1n) is 8.39. The van der Waals surface area contributed by atoms with Crippen LogP contribution in [0, 0.1) is 36.5 Å². The predicted molar refractivity (Wildman–Crippen MR) is 81.2 cm³/mol. The fraction of sp³-hybridized carbons (Fsp3) is 0.824. The van der Waals surface area contributed by atoms with E-state index in [-0.39, 0.29) is 0 Å². The Kier molecular flexibility index (Phi) is 2.87. The van der Waals surface area contributed by atoms with Crippen molar-refractivity contribution in [1.82, 2.24) is 9.55 Å². The van der Waals surface area contributed by atoms with Crippen molar-refractivity contribution in [2.24, 2.45) is 36.6 Å². The van der Waals surface area contributed by atoms with E-state index in [0.717, 1.165) is 53.3 Å². The van der Waals surface area contributed by atoms with E-state index in [1.165, 1.54) is 32.1 Å². The fourth-order valence-electron chi connectivity index (χ4n) is 5.69. The molecule has 3 nitrogen and oxygen atoms in total. The van der Waals surface area contributed by atoms with Crippen LogP contribution in [-0.2, 0) is 13.5 Å². The molecule has 4 aliphatic carbocycles. The number of imidazole rings is 1. The molecule has 0 radical (unpaired) electrons. The summed E-state index contributed by atoms with van der Waals surface area (Å²) in [5.41, 5.74) is 7.30. The molecule has 1 aromatic rings. The van der Waals surface area contributed by atoms with Gasteiger partial charge in [-0.2, -0.15) is 0 Å². The van der Waals surface area contributed by atoms with Gasteiger partial charge < -0.3 is 10.3 Å². The van der Waals surface area contributed by atoms with Gasteiger partial charge >= 0.3 is 0 Å². The van der Waals surface area contributed by atoms with E-state index in [1.54, 1.807) is 6.42 Å². The quantitative estimate of drug-likeness (QED) is 0.918. The molecule has 0 aliphatic heterocycles. The van der Waals surface area contributed by atoms with Crippen molar-refractivity contribution in [3.05, 3.63) is 11.5 Å². The summed E-state index contributed by atoms with van der Waals surface area (Å²) in [6.07, 6.45) is 10.0. The summed E-state index contributed by atoms with van der Waals surface area (Å²) in [7, 11) is 2.02. The maximum absolute atomic E-state index is 6.16. The summed E-state index contributed by atoms with van der Waals surface area (Å²) in [6.45, 7) is 2.04. The maximum Gasteiger partial charge on any atom is 0.126 e. The molecule has 0 aromatic carbocycles. The van der Waals surface area contributed by atoms with Crippen LogP contribution < -0.4 is 5.73 Å². The first-order chi connectivity index (χ1) is 9.61. The molecule has 110 valence electrons. The molecule has 0 spiro atoms. The van der Waals surface area contributed by atoms with Crippen molar-refractivity contribution in [1.29, 1.82) is 0 Å². The van der Waals surface area contributed by atoms with Crippen molar-refractivity contribution in [3.8, 4) is 0 Å². The van der Waals surface area contributed by atoms with Crippen LogP contribution in [0.5, 0.6) is 0 Å². The van der Waals surface area contributed by atoms with Crippen LogP contribution in [0.15, 0.2) is 0 Å². The van der Waals surface area contributed by atoms with Crippen molar-refractivity contribution >= 4 is 5.82 Å². The summed E-state index contributed by atoms with van der Waals surface area (Å²) >= 11 is 0. The summed E-state index contributed by atoms with van der Waals surface area (Å²) in [5.74, 6) is 7.10. The number of rotatable bonds is 3. The lowest BCUT2D eigenvalue weighted by Crippen LogP contribution is -2.45. The summed E-state index contributed by atoms with van der Waals surface area (Å²) in [5, 5.41) is 0. The van der Waals surface area contributed by atoms with E-state index in [9.17, 15) is 0 Å². The highest BCUT2D eigenvalue weighted by Crippen LogP contribution is 2.57. The second-order valence-electron chi connectivity index (χ2n) is 7.68. The number of hydrogen-bond donors (Lipinski definition) is 1. The SMILES string of the molecule is Cc1nc(CCC2C3CC4CC(C3)CC2C4)c(N)n1C. The van der Waals surface area contributed by atoms with Gasteiger partial charge in [-0.3, -0.25) is 0 Å². The van der Waals surface area contributed by atoms with Gasteiger partial charge in [-0.15, -0.1) is 0 Å². The third kappa shape index (κ3) is 1.89. The zero-order chi connectivity index (χ0) is 13.9. The van der Waals surface area contributed by atoms with Gasteiger partial charge in [0.05, 0.1) is 5.69 Å².